The summed E-state index contributed by atoms with van der Waals surface area (Å²) in [4.78, 5) is 36.5. The third-order valence-electron chi connectivity index (χ3n) is 7.19. The van der Waals surface area contributed by atoms with Crippen LogP contribution in [0.1, 0.15) is 36.2 Å². The Morgan fingerprint density at radius 3 is 2.45 bits per heavy atom. The molecule has 40 heavy (non-hydrogen) atoms. The number of nitrogens with zero attached hydrogens (tertiary/aromatic N) is 4. The lowest BCUT2D eigenvalue weighted by molar-refractivity contribution is -0.110. The summed E-state index contributed by atoms with van der Waals surface area (Å²) in [5.74, 6) is 0.447. The van der Waals surface area contributed by atoms with Crippen molar-refractivity contribution in [3.05, 3.63) is 63.6 Å². The number of hydrogen-bond acceptors (Lipinski definition) is 7. The Kier molecular flexibility index (Phi) is 10.2. The molecule has 1 saturated heterocycles. The standard InChI is InChI=1S/C29H37Cl2N7O2/c1-19(2)17-36-11-13-37(14-12-36)29(40)20-3-6-23(7-4-20)35-28(39)25(32)16-26-27(33)34-9-10-38(26)18-21-15-22(30)5-8-24(21)31/h3-8,15,19,26,32H,9-14,16-18H2,1-2H3,(H2,33,34)(H,35,39). The van der Waals surface area contributed by atoms with Gasteiger partial charge in [0.1, 0.15) is 5.84 Å². The van der Waals surface area contributed by atoms with Crippen LogP contribution < -0.4 is 11.1 Å². The molecule has 1 unspecified atom stereocenters. The van der Waals surface area contributed by atoms with E-state index in [9.17, 15) is 9.59 Å². The topological polar surface area (TPSA) is 118 Å². The summed E-state index contributed by atoms with van der Waals surface area (Å²) in [6.45, 7) is 10.2. The van der Waals surface area contributed by atoms with Gasteiger partial charge in [0.05, 0.1) is 18.3 Å². The number of anilines is 1. The van der Waals surface area contributed by atoms with Crippen molar-refractivity contribution in [1.29, 1.82) is 5.41 Å². The fourth-order valence-corrected chi connectivity index (χ4v) is 5.46. The molecule has 4 N–H and O–H groups in total. The van der Waals surface area contributed by atoms with Crippen molar-refractivity contribution in [2.75, 3.05) is 51.1 Å². The summed E-state index contributed by atoms with van der Waals surface area (Å²) >= 11 is 12.5. The van der Waals surface area contributed by atoms with Crippen LogP contribution in [0.25, 0.3) is 0 Å². The van der Waals surface area contributed by atoms with Crippen molar-refractivity contribution in [1.82, 2.24) is 14.7 Å². The Labute approximate surface area is 245 Å². The highest BCUT2D eigenvalue weighted by Gasteiger charge is 2.29. The molecule has 11 heteroatoms. The quantitative estimate of drug-likeness (QED) is 0.384. The van der Waals surface area contributed by atoms with Crippen molar-refractivity contribution < 1.29 is 9.59 Å². The summed E-state index contributed by atoms with van der Waals surface area (Å²) in [6, 6.07) is 11.7. The van der Waals surface area contributed by atoms with Crippen molar-refractivity contribution in [2.24, 2.45) is 16.6 Å². The summed E-state index contributed by atoms with van der Waals surface area (Å²) in [7, 11) is 0. The van der Waals surface area contributed by atoms with Gasteiger partial charge in [-0.1, -0.05) is 37.0 Å². The van der Waals surface area contributed by atoms with Crippen molar-refractivity contribution in [2.45, 2.75) is 32.9 Å². The molecule has 0 saturated carbocycles. The number of amides is 2. The number of hydrogen-bond donors (Lipinski definition) is 3. The zero-order valence-electron chi connectivity index (χ0n) is 23.0. The van der Waals surface area contributed by atoms with Crippen molar-refractivity contribution in [3.63, 3.8) is 0 Å². The maximum absolute atomic E-state index is 13.0. The Bertz CT molecular complexity index is 1260. The minimum atomic E-state index is -0.528. The number of nitrogens with one attached hydrogen (secondary N) is 2. The van der Waals surface area contributed by atoms with Crippen LogP contribution in [0.4, 0.5) is 5.69 Å². The minimum absolute atomic E-state index is 0.0122. The lowest BCUT2D eigenvalue weighted by Crippen LogP contribution is -2.50. The van der Waals surface area contributed by atoms with Crippen LogP contribution in [0, 0.1) is 11.3 Å². The van der Waals surface area contributed by atoms with Crippen LogP contribution in [0.15, 0.2) is 47.5 Å². The number of carbonyl (C=O) groups is 2. The lowest BCUT2D eigenvalue weighted by atomic mass is 10.0. The van der Waals surface area contributed by atoms with Gasteiger partial charge in [-0.3, -0.25) is 29.8 Å². The van der Waals surface area contributed by atoms with Crippen LogP contribution in [0.3, 0.4) is 0 Å². The molecular formula is C29H37Cl2N7O2. The van der Waals surface area contributed by atoms with Gasteiger partial charge in [-0.25, -0.2) is 0 Å². The minimum Gasteiger partial charge on any atom is -0.386 e. The van der Waals surface area contributed by atoms with Gasteiger partial charge >= 0.3 is 0 Å². The first-order valence-electron chi connectivity index (χ1n) is 13.6. The number of aliphatic imine (C=N–C) groups is 1. The second-order valence-corrected chi connectivity index (χ2v) is 11.6. The van der Waals surface area contributed by atoms with Crippen LogP contribution in [0.2, 0.25) is 10.0 Å². The number of amidine groups is 1. The SMILES string of the molecule is CC(C)CN1CCN(C(=O)c2ccc(NC(=O)C(=N)CC3C(N)=NCCN3Cc3cc(Cl)ccc3Cl)cc2)CC1. The van der Waals surface area contributed by atoms with Crippen molar-refractivity contribution in [3.8, 4) is 0 Å². The molecule has 2 amide bonds. The molecule has 214 valence electrons. The summed E-state index contributed by atoms with van der Waals surface area (Å²) in [6.07, 6.45) is 0.0959. The Hall–Kier alpha value is -2.98. The summed E-state index contributed by atoms with van der Waals surface area (Å²) in [5.41, 5.74) is 8.03. The summed E-state index contributed by atoms with van der Waals surface area (Å²) in [5, 5.41) is 12.4. The van der Waals surface area contributed by atoms with E-state index in [4.69, 9.17) is 34.3 Å². The van der Waals surface area contributed by atoms with Crippen LogP contribution >= 0.6 is 23.2 Å². The van der Waals surface area contributed by atoms with Crippen LogP contribution in [-0.4, -0.2) is 89.9 Å². The largest absolute Gasteiger partial charge is 0.386 e. The zero-order valence-corrected chi connectivity index (χ0v) is 24.5. The molecule has 0 bridgehead atoms. The molecule has 0 aliphatic carbocycles. The Morgan fingerprint density at radius 1 is 1.07 bits per heavy atom. The maximum Gasteiger partial charge on any atom is 0.269 e. The molecule has 4 rings (SSSR count). The predicted molar refractivity (Wildman–Crippen MR) is 162 cm³/mol. The first-order chi connectivity index (χ1) is 19.1. The highest BCUT2D eigenvalue weighted by Crippen LogP contribution is 2.24. The number of carbonyl (C=O) groups excluding carboxylic acids is 2. The molecule has 2 aliphatic heterocycles. The van der Waals surface area contributed by atoms with E-state index in [1.54, 1.807) is 36.4 Å². The second-order valence-electron chi connectivity index (χ2n) is 10.7. The van der Waals surface area contributed by atoms with Gasteiger partial charge in [-0.2, -0.15) is 0 Å². The maximum atomic E-state index is 13.0. The van der Waals surface area contributed by atoms with E-state index in [-0.39, 0.29) is 18.0 Å². The van der Waals surface area contributed by atoms with Gasteiger partial charge in [-0.05, 0) is 53.9 Å². The number of benzene rings is 2. The fourth-order valence-electron chi connectivity index (χ4n) is 5.08. The van der Waals surface area contributed by atoms with Gasteiger partial charge in [0.25, 0.3) is 11.8 Å². The van der Waals surface area contributed by atoms with Crippen LogP contribution in [0.5, 0.6) is 0 Å². The fraction of sp³-hybridized carbons (Fsp3) is 0.448. The first kappa shape index (κ1) is 30.0. The van der Waals surface area contributed by atoms with E-state index in [0.29, 0.717) is 65.8 Å². The molecule has 1 atom stereocenters. The van der Waals surface area contributed by atoms with Gasteiger partial charge in [0, 0.05) is 73.5 Å². The molecule has 2 heterocycles. The Morgan fingerprint density at radius 2 is 1.77 bits per heavy atom. The number of halogens is 2. The summed E-state index contributed by atoms with van der Waals surface area (Å²) < 4.78 is 0. The molecule has 1 fully saturated rings. The molecule has 0 spiro atoms. The van der Waals surface area contributed by atoms with Crippen molar-refractivity contribution >= 4 is 52.3 Å². The van der Waals surface area contributed by atoms with E-state index in [1.807, 2.05) is 11.0 Å². The van der Waals surface area contributed by atoms with Gasteiger partial charge in [0.15, 0.2) is 0 Å². The number of nitrogens with two attached hydrogens (primary N) is 1. The van der Waals surface area contributed by atoms with Gasteiger partial charge < -0.3 is 16.0 Å². The van der Waals surface area contributed by atoms with E-state index in [1.165, 1.54) is 0 Å². The Balaban J connectivity index is 1.32. The molecule has 9 nitrogen and oxygen atoms in total. The third kappa shape index (κ3) is 7.81. The zero-order chi connectivity index (χ0) is 28.8. The van der Waals surface area contributed by atoms with Gasteiger partial charge in [-0.15, -0.1) is 0 Å². The smallest absolute Gasteiger partial charge is 0.269 e. The average Bonchev–Trinajstić information content (AvgIpc) is 2.92. The molecule has 0 radical (unpaired) electrons. The third-order valence-corrected chi connectivity index (χ3v) is 7.79. The van der Waals surface area contributed by atoms with E-state index >= 15 is 0 Å². The average molecular weight is 587 g/mol. The predicted octanol–water partition coefficient (Wildman–Crippen LogP) is 4.00. The molecular weight excluding hydrogens is 549 g/mol. The molecule has 2 aliphatic rings. The van der Waals surface area contributed by atoms with Gasteiger partial charge in [0.2, 0.25) is 0 Å². The molecule has 2 aromatic carbocycles. The number of piperazine rings is 1. The lowest BCUT2D eigenvalue weighted by Gasteiger charge is -2.35. The first-order valence-corrected chi connectivity index (χ1v) is 14.3. The number of rotatable bonds is 9. The highest BCUT2D eigenvalue weighted by atomic mass is 35.5. The highest BCUT2D eigenvalue weighted by molar-refractivity contribution is 6.42. The molecule has 2 aromatic rings. The van der Waals surface area contributed by atoms with E-state index in [2.05, 4.69) is 34.0 Å². The van der Waals surface area contributed by atoms with Crippen LogP contribution in [-0.2, 0) is 11.3 Å². The normalized spacial score (nSPS) is 18.5. The van der Waals surface area contributed by atoms with E-state index in [0.717, 1.165) is 25.2 Å². The monoisotopic (exact) mass is 585 g/mol. The van der Waals surface area contributed by atoms with E-state index < -0.39 is 11.9 Å². The molecule has 0 aromatic heterocycles. The second kappa shape index (κ2) is 13.6.